The summed E-state index contributed by atoms with van der Waals surface area (Å²) in [7, 11) is 1.67. The first-order valence-corrected chi connectivity index (χ1v) is 9.95. The fourth-order valence-electron chi connectivity index (χ4n) is 4.96. The maximum absolute atomic E-state index is 13.3. The Hall–Kier alpha value is -2.30. The van der Waals surface area contributed by atoms with Gasteiger partial charge in [0.15, 0.2) is 0 Å². The Balaban J connectivity index is 1.41. The molecule has 1 spiro atoms. The lowest BCUT2D eigenvalue weighted by atomic mass is 9.84. The quantitative estimate of drug-likeness (QED) is 0.768. The number of nitrogens with zero attached hydrogens (tertiary/aromatic N) is 2. The summed E-state index contributed by atoms with van der Waals surface area (Å²) in [5, 5.41) is 0. The van der Waals surface area contributed by atoms with E-state index >= 15 is 0 Å². The van der Waals surface area contributed by atoms with E-state index in [2.05, 4.69) is 23.6 Å². The molecule has 1 saturated carbocycles. The average molecular weight is 368 g/mol. The Morgan fingerprint density at radius 3 is 2.48 bits per heavy atom. The monoisotopic (exact) mass is 368 g/mol. The van der Waals surface area contributed by atoms with Crippen molar-refractivity contribution in [3.8, 4) is 5.75 Å². The van der Waals surface area contributed by atoms with Crippen LogP contribution in [0.1, 0.15) is 43.6 Å². The minimum absolute atomic E-state index is 0.00230. The minimum atomic E-state index is -0.0396. The molecule has 0 bridgehead atoms. The van der Waals surface area contributed by atoms with Crippen LogP contribution in [0, 0.1) is 5.92 Å². The lowest BCUT2D eigenvalue weighted by Crippen LogP contribution is -2.55. The van der Waals surface area contributed by atoms with Gasteiger partial charge in [0.05, 0.1) is 7.11 Å². The van der Waals surface area contributed by atoms with Gasteiger partial charge in [0.25, 0.3) is 0 Å². The first kappa shape index (κ1) is 18.1. The third-order valence-corrected chi connectivity index (χ3v) is 6.69. The molecule has 2 saturated heterocycles. The van der Waals surface area contributed by atoms with E-state index in [1.807, 2.05) is 17.0 Å². The maximum atomic E-state index is 13.3. The number of carbonyl (C=O) groups is 2. The molecule has 2 aliphatic heterocycles. The van der Waals surface area contributed by atoms with Crippen molar-refractivity contribution in [3.05, 3.63) is 42.5 Å². The summed E-state index contributed by atoms with van der Waals surface area (Å²) < 4.78 is 5.22. The summed E-state index contributed by atoms with van der Waals surface area (Å²) in [5.74, 6) is 1.62. The van der Waals surface area contributed by atoms with Crippen molar-refractivity contribution >= 4 is 11.8 Å². The highest BCUT2D eigenvalue weighted by Gasteiger charge is 2.52. The zero-order valence-corrected chi connectivity index (χ0v) is 16.0. The lowest BCUT2D eigenvalue weighted by Gasteiger charge is -2.45. The molecule has 0 N–H and O–H groups in total. The highest BCUT2D eigenvalue weighted by Crippen LogP contribution is 2.51. The van der Waals surface area contributed by atoms with E-state index in [-0.39, 0.29) is 17.4 Å². The third-order valence-electron chi connectivity index (χ3n) is 6.69. The first-order valence-electron chi connectivity index (χ1n) is 9.95. The van der Waals surface area contributed by atoms with E-state index in [9.17, 15) is 9.59 Å². The molecule has 4 rings (SSSR count). The van der Waals surface area contributed by atoms with Gasteiger partial charge in [-0.2, -0.15) is 0 Å². The summed E-state index contributed by atoms with van der Waals surface area (Å²) in [5.41, 5.74) is 1.19. The van der Waals surface area contributed by atoms with Gasteiger partial charge in [0, 0.05) is 31.1 Å². The third kappa shape index (κ3) is 3.24. The summed E-state index contributed by atoms with van der Waals surface area (Å²) in [6, 6.07) is 8.10. The van der Waals surface area contributed by atoms with Gasteiger partial charge < -0.3 is 14.5 Å². The fraction of sp³-hybridized carbons (Fsp3) is 0.545. The second kappa shape index (κ2) is 7.02. The summed E-state index contributed by atoms with van der Waals surface area (Å²) in [6.07, 6.45) is 6.24. The van der Waals surface area contributed by atoms with Gasteiger partial charge in [0.2, 0.25) is 11.8 Å². The molecule has 0 radical (unpaired) electrons. The molecule has 144 valence electrons. The predicted octanol–water partition coefficient (Wildman–Crippen LogP) is 2.97. The van der Waals surface area contributed by atoms with Gasteiger partial charge in [-0.15, -0.1) is 0 Å². The van der Waals surface area contributed by atoms with Gasteiger partial charge in [0.1, 0.15) is 5.75 Å². The van der Waals surface area contributed by atoms with Gasteiger partial charge >= 0.3 is 0 Å². The molecular formula is C22H28N2O3. The van der Waals surface area contributed by atoms with Crippen molar-refractivity contribution in [1.82, 2.24) is 9.80 Å². The molecule has 2 amide bonds. The number of piperidine rings is 1. The predicted molar refractivity (Wildman–Crippen MR) is 104 cm³/mol. The van der Waals surface area contributed by atoms with Gasteiger partial charge in [-0.05, 0) is 61.8 Å². The zero-order valence-electron chi connectivity index (χ0n) is 16.0. The van der Waals surface area contributed by atoms with E-state index in [0.717, 1.165) is 57.5 Å². The second-order valence-corrected chi connectivity index (χ2v) is 8.07. The summed E-state index contributed by atoms with van der Waals surface area (Å²) in [4.78, 5) is 29.2. The molecule has 3 aliphatic rings. The van der Waals surface area contributed by atoms with Crippen molar-refractivity contribution in [2.24, 2.45) is 5.92 Å². The number of hydrogen-bond acceptors (Lipinski definition) is 3. The van der Waals surface area contributed by atoms with Crippen molar-refractivity contribution in [2.45, 2.75) is 43.6 Å². The second-order valence-electron chi connectivity index (χ2n) is 8.07. The molecular weight excluding hydrogens is 340 g/mol. The number of amides is 2. The van der Waals surface area contributed by atoms with Gasteiger partial charge in [-0.25, -0.2) is 0 Å². The smallest absolute Gasteiger partial charge is 0.245 e. The number of benzene rings is 1. The molecule has 0 aromatic heterocycles. The van der Waals surface area contributed by atoms with E-state index in [0.29, 0.717) is 11.8 Å². The number of likely N-dealkylation sites (tertiary alicyclic amines) is 2. The van der Waals surface area contributed by atoms with E-state index in [4.69, 9.17) is 4.74 Å². The van der Waals surface area contributed by atoms with Crippen molar-refractivity contribution in [3.63, 3.8) is 0 Å². The number of rotatable bonds is 4. The Labute approximate surface area is 161 Å². The first-order chi connectivity index (χ1) is 13.1. The molecule has 1 aliphatic carbocycles. The van der Waals surface area contributed by atoms with E-state index < -0.39 is 0 Å². The summed E-state index contributed by atoms with van der Waals surface area (Å²) in [6.45, 7) is 5.89. The van der Waals surface area contributed by atoms with Crippen molar-refractivity contribution in [1.29, 1.82) is 0 Å². The highest BCUT2D eigenvalue weighted by molar-refractivity contribution is 5.87. The van der Waals surface area contributed by atoms with Crippen LogP contribution in [0.3, 0.4) is 0 Å². The molecule has 1 aromatic rings. The Morgan fingerprint density at radius 1 is 1.15 bits per heavy atom. The Kier molecular flexibility index (Phi) is 4.70. The minimum Gasteiger partial charge on any atom is -0.497 e. The maximum Gasteiger partial charge on any atom is 0.245 e. The molecule has 27 heavy (non-hydrogen) atoms. The van der Waals surface area contributed by atoms with Crippen LogP contribution in [0.5, 0.6) is 5.75 Å². The van der Waals surface area contributed by atoms with Crippen LogP contribution in [0.15, 0.2) is 36.9 Å². The van der Waals surface area contributed by atoms with Crippen LogP contribution in [-0.4, -0.2) is 53.9 Å². The average Bonchev–Trinajstić information content (AvgIpc) is 3.42. The SMILES string of the molecule is C=CC(=O)N1CCC2(CCCN2C(=O)[C@@H]2C[C@H]2c2ccc(OC)cc2)CC1. The largest absolute Gasteiger partial charge is 0.497 e. The Bertz CT molecular complexity index is 734. The Morgan fingerprint density at radius 2 is 1.85 bits per heavy atom. The number of ether oxygens (including phenoxy) is 1. The topological polar surface area (TPSA) is 49.9 Å². The number of hydrogen-bond donors (Lipinski definition) is 0. The van der Waals surface area contributed by atoms with Crippen LogP contribution in [0.25, 0.3) is 0 Å². The highest BCUT2D eigenvalue weighted by atomic mass is 16.5. The van der Waals surface area contributed by atoms with Crippen LogP contribution < -0.4 is 4.74 Å². The lowest BCUT2D eigenvalue weighted by molar-refractivity contribution is -0.139. The standard InChI is InChI=1S/C22H28N2O3/c1-3-20(25)23-13-10-22(11-14-23)9-4-12-24(22)21(26)19-15-18(19)16-5-7-17(27-2)8-6-16/h3,5-8,18-19H,1,4,9-15H2,2H3/t18-,19+/m0/s1. The van der Waals surface area contributed by atoms with E-state index in [1.165, 1.54) is 11.6 Å². The zero-order chi connectivity index (χ0) is 19.0. The van der Waals surface area contributed by atoms with E-state index in [1.54, 1.807) is 7.11 Å². The fourth-order valence-corrected chi connectivity index (χ4v) is 4.96. The summed E-state index contributed by atoms with van der Waals surface area (Å²) >= 11 is 0. The van der Waals surface area contributed by atoms with Crippen LogP contribution >= 0.6 is 0 Å². The van der Waals surface area contributed by atoms with Crippen LogP contribution in [-0.2, 0) is 9.59 Å². The van der Waals surface area contributed by atoms with Gasteiger partial charge in [-0.3, -0.25) is 9.59 Å². The van der Waals surface area contributed by atoms with Crippen molar-refractivity contribution in [2.75, 3.05) is 26.7 Å². The number of carbonyl (C=O) groups excluding carboxylic acids is 2. The van der Waals surface area contributed by atoms with Gasteiger partial charge in [-0.1, -0.05) is 18.7 Å². The van der Waals surface area contributed by atoms with Crippen molar-refractivity contribution < 1.29 is 14.3 Å². The van der Waals surface area contributed by atoms with Crippen LogP contribution in [0.2, 0.25) is 0 Å². The molecule has 5 heteroatoms. The molecule has 2 heterocycles. The molecule has 3 fully saturated rings. The van der Waals surface area contributed by atoms with Crippen LogP contribution in [0.4, 0.5) is 0 Å². The normalized spacial score (nSPS) is 26.1. The number of methoxy groups -OCH3 is 1. The molecule has 2 atom stereocenters. The molecule has 0 unspecified atom stereocenters. The molecule has 5 nitrogen and oxygen atoms in total. The molecule has 1 aromatic carbocycles.